The molecule has 0 saturated heterocycles. The Kier molecular flexibility index (Phi) is 151. The maximum absolute atomic E-state index is 9.11. The van der Waals surface area contributed by atoms with Crippen molar-refractivity contribution in [2.45, 2.75) is 13.8 Å². The second kappa shape index (κ2) is 48.8. The van der Waals surface area contributed by atoms with Crippen LogP contribution in [0.15, 0.2) is 0 Å². The fourth-order valence-corrected chi connectivity index (χ4v) is 0. The Hall–Kier alpha value is -0.183. The topological polar surface area (TPSA) is 178 Å². The Bertz CT molecular complexity index is 147. The first-order valence-corrected chi connectivity index (χ1v) is 2.74. The van der Waals surface area contributed by atoms with Crippen molar-refractivity contribution in [1.29, 1.82) is 16.1 Å². The van der Waals surface area contributed by atoms with Crippen LogP contribution in [0.25, 0.3) is 0 Å². The van der Waals surface area contributed by atoms with Gasteiger partial charge in [-0.15, -0.1) is 0 Å². The monoisotopic (exact) mass is 478 g/mol. The first kappa shape index (κ1) is 46.3. The average molecular weight is 478 g/mol. The zero-order valence-electron chi connectivity index (χ0n) is 7.83. The Morgan fingerprint density at radius 1 is 1.13 bits per heavy atom. The molecule has 10 heteroatoms. The molecule has 0 rings (SSSR count). The molecule has 0 aromatic heterocycles. The van der Waals surface area contributed by atoms with Gasteiger partial charge >= 0.3 is 39.0 Å². The van der Waals surface area contributed by atoms with Crippen LogP contribution >= 0.6 is 0 Å². The summed E-state index contributed by atoms with van der Waals surface area (Å²) in [7, 11) is 0. The van der Waals surface area contributed by atoms with Crippen LogP contribution in [-0.2, 0) is 33.7 Å². The number of nitriles is 1. The van der Waals surface area contributed by atoms with E-state index in [9.17, 15) is 0 Å². The summed E-state index contributed by atoms with van der Waals surface area (Å²) >= 11 is 3.70. The van der Waals surface area contributed by atoms with Crippen molar-refractivity contribution in [3.05, 3.63) is 0 Å². The van der Waals surface area contributed by atoms with Gasteiger partial charge in [-0.3, -0.25) is 0 Å². The third-order valence-electron chi connectivity index (χ3n) is 0. The third-order valence-corrected chi connectivity index (χ3v) is 0. The largest absolute Gasteiger partial charge is 3.00 e. The molecule has 4 N–H and O–H groups in total. The van der Waals surface area contributed by atoms with Crippen LogP contribution in [0.5, 0.6) is 0 Å². The van der Waals surface area contributed by atoms with Gasteiger partial charge in [0.05, 0.1) is 0 Å². The molecule has 90 valence electrons. The molecule has 0 heterocycles. The van der Waals surface area contributed by atoms with E-state index in [1.165, 1.54) is 19.2 Å². The zero-order chi connectivity index (χ0) is 9.86. The van der Waals surface area contributed by atoms with Gasteiger partial charge in [0.25, 0.3) is 0 Å². The van der Waals surface area contributed by atoms with Crippen LogP contribution in [-0.4, -0.2) is 40.7 Å². The van der Waals surface area contributed by atoms with Gasteiger partial charge in [-0.2, -0.15) is 0 Å². The number of nitrogens with zero attached hydrogens (tertiary/aromatic N) is 1. The van der Waals surface area contributed by atoms with Crippen molar-refractivity contribution in [1.82, 2.24) is 0 Å². The number of hydrogen-bond acceptors (Lipinski definition) is 8. The molecular weight excluding hydrogens is 468 g/mol. The van der Waals surface area contributed by atoms with E-state index in [2.05, 4.69) is 12.6 Å². The van der Waals surface area contributed by atoms with Crippen molar-refractivity contribution < 1.29 is 42.2 Å². The van der Waals surface area contributed by atoms with E-state index in [0.29, 0.717) is 0 Å². The van der Waals surface area contributed by atoms with Crippen molar-refractivity contribution in [3.63, 3.8) is 0 Å². The minimum atomic E-state index is -0.583. The summed E-state index contributed by atoms with van der Waals surface area (Å²) in [5.41, 5.74) is 0. The number of nitrogens with one attached hydrogen (secondary N) is 2. The first-order valence-electron chi connectivity index (χ1n) is 2.34. The van der Waals surface area contributed by atoms with Gasteiger partial charge in [0.15, 0.2) is 0 Å². The summed E-state index contributed by atoms with van der Waals surface area (Å²) < 4.78 is 0. The SMILES string of the molecule is CC(=N)[O-].CC(=N)[O-].N#C[S-].[As+3].[OH-].[OH-].[Pt+2]. The molecule has 0 spiro atoms. The van der Waals surface area contributed by atoms with Crippen LogP contribution < -0.4 is 10.2 Å². The van der Waals surface area contributed by atoms with E-state index in [1.807, 2.05) is 0 Å². The van der Waals surface area contributed by atoms with E-state index in [-0.39, 0.29) is 50.0 Å². The van der Waals surface area contributed by atoms with E-state index in [1.54, 1.807) is 0 Å². The number of hydrogen-bond donors (Lipinski definition) is 2. The molecule has 2 radical (unpaired) electrons. The van der Waals surface area contributed by atoms with Gasteiger partial charge in [-0.05, 0) is 25.6 Å². The molecule has 0 aliphatic rings. The second-order valence-corrected chi connectivity index (χ2v) is 1.39. The summed E-state index contributed by atoms with van der Waals surface area (Å²) in [6.45, 7) is 2.39. The van der Waals surface area contributed by atoms with Crippen molar-refractivity contribution in [2.24, 2.45) is 0 Å². The van der Waals surface area contributed by atoms with Gasteiger partial charge in [0.1, 0.15) is 0 Å². The number of rotatable bonds is 0. The minimum absolute atomic E-state index is 0. The van der Waals surface area contributed by atoms with Gasteiger partial charge in [-0.25, -0.2) is 5.26 Å². The Morgan fingerprint density at radius 2 is 1.13 bits per heavy atom. The second-order valence-electron chi connectivity index (χ2n) is 1.20. The minimum Gasteiger partial charge on any atom is -0.870 e. The van der Waals surface area contributed by atoms with Crippen molar-refractivity contribution in [2.75, 3.05) is 0 Å². The molecular formula is C5H10AsN3O4PtS. The fourth-order valence-electron chi connectivity index (χ4n) is 0. The van der Waals surface area contributed by atoms with Gasteiger partial charge in [0, 0.05) is 0 Å². The van der Waals surface area contributed by atoms with Crippen molar-refractivity contribution >= 4 is 42.4 Å². The molecule has 0 atom stereocenters. The Morgan fingerprint density at radius 3 is 1.13 bits per heavy atom. The maximum Gasteiger partial charge on any atom is 3.00 e. The predicted molar refractivity (Wildman–Crippen MR) is 49.4 cm³/mol. The number of thiocyanates is 1. The van der Waals surface area contributed by atoms with E-state index in [0.717, 1.165) is 0 Å². The Labute approximate surface area is 120 Å². The quantitative estimate of drug-likeness (QED) is 0.133. The standard InChI is InChI=1S/2C2H5NO.CHNS.As.2H2O.Pt/c2*1-2(3)4;2-1-3;;;;/h2*1H3,(H2,3,4);3H;;2*1H2;/q;;;+3;;;+2/p-5. The molecule has 7 nitrogen and oxygen atoms in total. The van der Waals surface area contributed by atoms with Crippen LogP contribution in [0.1, 0.15) is 13.8 Å². The van der Waals surface area contributed by atoms with E-state index >= 15 is 0 Å². The molecule has 0 aromatic carbocycles. The zero-order valence-corrected chi connectivity index (χ0v) is 12.8. The van der Waals surface area contributed by atoms with Crippen LogP contribution in [0.4, 0.5) is 0 Å². The van der Waals surface area contributed by atoms with E-state index < -0.39 is 11.8 Å². The molecule has 0 amide bonds. The van der Waals surface area contributed by atoms with Gasteiger partial charge < -0.3 is 44.6 Å². The third kappa shape index (κ3) is 57500. The molecule has 0 saturated carbocycles. The maximum atomic E-state index is 9.11. The molecule has 0 aromatic rings. The van der Waals surface area contributed by atoms with E-state index in [4.69, 9.17) is 26.3 Å². The summed E-state index contributed by atoms with van der Waals surface area (Å²) in [5.74, 6) is -1.17. The summed E-state index contributed by atoms with van der Waals surface area (Å²) in [6, 6.07) is 0. The molecule has 15 heavy (non-hydrogen) atoms. The van der Waals surface area contributed by atoms with Gasteiger partial charge in [0.2, 0.25) is 0 Å². The smallest absolute Gasteiger partial charge is 0.870 e. The molecule has 0 bridgehead atoms. The predicted octanol–water partition coefficient (Wildman–Crippen LogP) is -2.03. The van der Waals surface area contributed by atoms with Crippen LogP contribution in [0.3, 0.4) is 0 Å². The van der Waals surface area contributed by atoms with Crippen LogP contribution in [0.2, 0.25) is 0 Å². The average Bonchev–Trinajstić information content (AvgIpc) is 1.60. The Balaban J connectivity index is -0.0000000114. The van der Waals surface area contributed by atoms with Gasteiger partial charge in [-0.1, -0.05) is 5.40 Å². The molecule has 0 unspecified atom stereocenters. The normalized spacial score (nSPS) is 3.80. The summed E-state index contributed by atoms with van der Waals surface area (Å²) in [6.07, 6.45) is 0. The van der Waals surface area contributed by atoms with Crippen LogP contribution in [0, 0.1) is 21.5 Å². The molecule has 0 aliphatic carbocycles. The molecule has 0 aliphatic heterocycles. The summed E-state index contributed by atoms with van der Waals surface area (Å²) in [4.78, 5) is 0. The first-order chi connectivity index (χ1) is 4.88. The summed E-state index contributed by atoms with van der Waals surface area (Å²) in [5, 5.41) is 38.6. The fraction of sp³-hybridized carbons (Fsp3) is 0.400. The molecule has 0 fully saturated rings. The van der Waals surface area contributed by atoms with Crippen molar-refractivity contribution in [3.8, 4) is 5.40 Å².